The molecular weight excluding hydrogens is 319 g/mol. The van der Waals surface area contributed by atoms with Gasteiger partial charge in [-0.2, -0.15) is 0 Å². The summed E-state index contributed by atoms with van der Waals surface area (Å²) < 4.78 is 14.2. The van der Waals surface area contributed by atoms with Gasteiger partial charge in [0, 0.05) is 0 Å². The van der Waals surface area contributed by atoms with Crippen molar-refractivity contribution in [1.82, 2.24) is 0 Å². The van der Waals surface area contributed by atoms with Gasteiger partial charge in [0.1, 0.15) is 5.82 Å². The third-order valence-corrected chi connectivity index (χ3v) is 4.85. The van der Waals surface area contributed by atoms with Crippen LogP contribution in [-0.4, -0.2) is 0 Å². The molecule has 0 saturated carbocycles. The zero-order chi connectivity index (χ0) is 18.9. The third-order valence-electron chi connectivity index (χ3n) is 4.85. The lowest BCUT2D eigenvalue weighted by Gasteiger charge is -2.20. The van der Waals surface area contributed by atoms with Gasteiger partial charge >= 0.3 is 0 Å². The summed E-state index contributed by atoms with van der Waals surface area (Å²) in [5.74, 6) is 0.315. The van der Waals surface area contributed by atoms with E-state index in [9.17, 15) is 4.39 Å². The van der Waals surface area contributed by atoms with Crippen LogP contribution >= 0.6 is 0 Å². The molecule has 3 aromatic carbocycles. The summed E-state index contributed by atoms with van der Waals surface area (Å²) in [6.45, 7) is 10.7. The van der Waals surface area contributed by atoms with Crippen molar-refractivity contribution >= 4 is 0 Å². The van der Waals surface area contributed by atoms with Gasteiger partial charge in [-0.15, -0.1) is 0 Å². The number of rotatable bonds is 3. The zero-order valence-corrected chi connectivity index (χ0v) is 16.3. The molecule has 0 heterocycles. The van der Waals surface area contributed by atoms with Crippen LogP contribution in [-0.2, 0) is 5.41 Å². The molecule has 0 amide bonds. The Kier molecular flexibility index (Phi) is 5.00. The Morgan fingerprint density at radius 2 is 1.27 bits per heavy atom. The third kappa shape index (κ3) is 4.04. The van der Waals surface area contributed by atoms with Crippen molar-refractivity contribution in [1.29, 1.82) is 0 Å². The van der Waals surface area contributed by atoms with Gasteiger partial charge in [-0.3, -0.25) is 0 Å². The number of halogens is 1. The summed E-state index contributed by atoms with van der Waals surface area (Å²) in [4.78, 5) is 0. The highest BCUT2D eigenvalue weighted by Gasteiger charge is 2.16. The van der Waals surface area contributed by atoms with Gasteiger partial charge in [-0.1, -0.05) is 83.1 Å². The monoisotopic (exact) mass is 346 g/mol. The van der Waals surface area contributed by atoms with E-state index in [0.717, 1.165) is 22.3 Å². The molecule has 0 aliphatic heterocycles. The van der Waals surface area contributed by atoms with Crippen LogP contribution in [0.3, 0.4) is 0 Å². The van der Waals surface area contributed by atoms with Crippen LogP contribution in [0.15, 0.2) is 66.7 Å². The van der Waals surface area contributed by atoms with E-state index in [1.807, 2.05) is 6.07 Å². The predicted octanol–water partition coefficient (Wildman–Crippen LogP) is 7.58. The molecule has 26 heavy (non-hydrogen) atoms. The summed E-state index contributed by atoms with van der Waals surface area (Å²) in [5, 5.41) is 0. The average molecular weight is 346 g/mol. The first kappa shape index (κ1) is 18.4. The first-order valence-electron chi connectivity index (χ1n) is 9.26. The molecule has 0 nitrogen and oxygen atoms in total. The molecule has 0 bridgehead atoms. The largest absolute Gasteiger partial charge is 0.207 e. The van der Waals surface area contributed by atoms with E-state index in [1.165, 1.54) is 11.1 Å². The van der Waals surface area contributed by atoms with E-state index in [4.69, 9.17) is 0 Å². The SMILES string of the molecule is CC(C)c1cccc(-c2cccc(-c3cc(F)cc(C(C)(C)C)c3)c2)c1. The van der Waals surface area contributed by atoms with Gasteiger partial charge in [0.2, 0.25) is 0 Å². The highest BCUT2D eigenvalue weighted by Crippen LogP contribution is 2.32. The Bertz CT molecular complexity index is 913. The molecule has 0 aliphatic carbocycles. The number of hydrogen-bond donors (Lipinski definition) is 0. The fourth-order valence-corrected chi connectivity index (χ4v) is 3.14. The van der Waals surface area contributed by atoms with Crippen molar-refractivity contribution in [2.45, 2.75) is 46.0 Å². The van der Waals surface area contributed by atoms with E-state index in [-0.39, 0.29) is 11.2 Å². The second-order valence-corrected chi connectivity index (χ2v) is 8.34. The van der Waals surface area contributed by atoms with Crippen LogP contribution in [0, 0.1) is 5.82 Å². The molecule has 0 radical (unpaired) electrons. The fraction of sp³-hybridized carbons (Fsp3) is 0.280. The highest BCUT2D eigenvalue weighted by molar-refractivity contribution is 5.73. The Hall–Kier alpha value is -2.41. The van der Waals surface area contributed by atoms with Crippen molar-refractivity contribution in [3.05, 3.63) is 83.7 Å². The molecule has 0 atom stereocenters. The lowest BCUT2D eigenvalue weighted by molar-refractivity contribution is 0.573. The molecule has 1 heteroatoms. The van der Waals surface area contributed by atoms with Crippen molar-refractivity contribution in [2.24, 2.45) is 0 Å². The van der Waals surface area contributed by atoms with Crippen molar-refractivity contribution in [3.63, 3.8) is 0 Å². The quantitative estimate of drug-likeness (QED) is 0.458. The fourth-order valence-electron chi connectivity index (χ4n) is 3.14. The smallest absolute Gasteiger partial charge is 0.124 e. The first-order chi connectivity index (χ1) is 12.2. The molecule has 0 fully saturated rings. The zero-order valence-electron chi connectivity index (χ0n) is 16.3. The predicted molar refractivity (Wildman–Crippen MR) is 110 cm³/mol. The van der Waals surface area contributed by atoms with Crippen LogP contribution in [0.1, 0.15) is 51.7 Å². The van der Waals surface area contributed by atoms with Crippen LogP contribution in [0.5, 0.6) is 0 Å². The number of benzene rings is 3. The van der Waals surface area contributed by atoms with Crippen LogP contribution < -0.4 is 0 Å². The van der Waals surface area contributed by atoms with E-state index >= 15 is 0 Å². The lowest BCUT2D eigenvalue weighted by atomic mass is 9.85. The molecule has 0 aromatic heterocycles. The van der Waals surface area contributed by atoms with E-state index in [0.29, 0.717) is 5.92 Å². The molecule has 3 aromatic rings. The van der Waals surface area contributed by atoms with Gasteiger partial charge in [0.25, 0.3) is 0 Å². The average Bonchev–Trinajstić information content (AvgIpc) is 2.60. The minimum atomic E-state index is -0.181. The first-order valence-corrected chi connectivity index (χ1v) is 9.26. The van der Waals surface area contributed by atoms with Gasteiger partial charge in [-0.05, 0) is 62.9 Å². The lowest BCUT2D eigenvalue weighted by Crippen LogP contribution is -2.11. The van der Waals surface area contributed by atoms with Gasteiger partial charge in [0.15, 0.2) is 0 Å². The van der Waals surface area contributed by atoms with E-state index in [2.05, 4.69) is 83.1 Å². The second kappa shape index (κ2) is 7.07. The molecule has 0 saturated heterocycles. The Morgan fingerprint density at radius 3 is 1.88 bits per heavy atom. The van der Waals surface area contributed by atoms with Gasteiger partial charge in [0.05, 0.1) is 0 Å². The maximum absolute atomic E-state index is 14.2. The normalized spacial score (nSPS) is 11.8. The van der Waals surface area contributed by atoms with Crippen molar-refractivity contribution in [3.8, 4) is 22.3 Å². The van der Waals surface area contributed by atoms with Gasteiger partial charge < -0.3 is 0 Å². The van der Waals surface area contributed by atoms with Crippen molar-refractivity contribution < 1.29 is 4.39 Å². The van der Waals surface area contributed by atoms with Crippen LogP contribution in [0.2, 0.25) is 0 Å². The number of hydrogen-bond acceptors (Lipinski definition) is 0. The summed E-state index contributed by atoms with van der Waals surface area (Å²) in [5.41, 5.74) is 6.59. The standard InChI is InChI=1S/C25H27F/c1-17(2)18-8-6-9-19(12-18)20-10-7-11-21(13-20)22-14-23(25(3,4)5)16-24(26)15-22/h6-17H,1-5H3. The molecule has 0 N–H and O–H groups in total. The summed E-state index contributed by atoms with van der Waals surface area (Å²) in [6.07, 6.45) is 0. The second-order valence-electron chi connectivity index (χ2n) is 8.34. The molecule has 3 rings (SSSR count). The highest BCUT2D eigenvalue weighted by atomic mass is 19.1. The molecule has 0 spiro atoms. The minimum absolute atomic E-state index is 0.0833. The molecule has 0 aliphatic rings. The Labute approximate surface area is 156 Å². The summed E-state index contributed by atoms with van der Waals surface area (Å²) in [6, 6.07) is 22.4. The topological polar surface area (TPSA) is 0 Å². The van der Waals surface area contributed by atoms with Crippen molar-refractivity contribution in [2.75, 3.05) is 0 Å². The maximum atomic E-state index is 14.2. The maximum Gasteiger partial charge on any atom is 0.124 e. The molecule has 0 unspecified atom stereocenters. The Morgan fingerprint density at radius 1 is 0.692 bits per heavy atom. The molecule has 134 valence electrons. The van der Waals surface area contributed by atoms with Crippen LogP contribution in [0.25, 0.3) is 22.3 Å². The minimum Gasteiger partial charge on any atom is -0.207 e. The van der Waals surface area contributed by atoms with E-state index in [1.54, 1.807) is 12.1 Å². The summed E-state index contributed by atoms with van der Waals surface area (Å²) >= 11 is 0. The van der Waals surface area contributed by atoms with Crippen LogP contribution in [0.4, 0.5) is 4.39 Å². The van der Waals surface area contributed by atoms with Gasteiger partial charge in [-0.25, -0.2) is 4.39 Å². The Balaban J connectivity index is 2.06. The summed E-state index contributed by atoms with van der Waals surface area (Å²) in [7, 11) is 0. The van der Waals surface area contributed by atoms with E-state index < -0.39 is 0 Å². The molecular formula is C25H27F.